The van der Waals surface area contributed by atoms with Crippen LogP contribution in [-0.4, -0.2) is 28.1 Å². The van der Waals surface area contributed by atoms with Crippen molar-refractivity contribution in [2.75, 3.05) is 12.4 Å². The molecule has 2 aromatic heterocycles. The molecule has 0 aliphatic carbocycles. The first-order chi connectivity index (χ1) is 12.3. The quantitative estimate of drug-likeness (QED) is 0.712. The molecule has 0 aliphatic heterocycles. The van der Waals surface area contributed by atoms with Crippen LogP contribution in [0, 0.1) is 13.8 Å². The first-order valence-corrected chi connectivity index (χ1v) is 8.79. The molecule has 1 aromatic carbocycles. The predicted molar refractivity (Wildman–Crippen MR) is 101 cm³/mol. The Morgan fingerprint density at radius 3 is 2.50 bits per heavy atom. The number of aryl methyl sites for hydroxylation is 2. The van der Waals surface area contributed by atoms with Gasteiger partial charge in [0.15, 0.2) is 0 Å². The lowest BCUT2D eigenvalue weighted by Crippen LogP contribution is -2.28. The number of esters is 1. The highest BCUT2D eigenvalue weighted by Crippen LogP contribution is 2.32. The molecule has 0 saturated carbocycles. The molecule has 0 spiro atoms. The molecule has 0 atom stereocenters. The van der Waals surface area contributed by atoms with Gasteiger partial charge in [-0.2, -0.15) is 0 Å². The fraction of sp³-hybridized carbons (Fsp3) is 0.278. The summed E-state index contributed by atoms with van der Waals surface area (Å²) in [5.74, 6) is -0.876. The Balaban J connectivity index is 1.92. The summed E-state index contributed by atoms with van der Waals surface area (Å²) in [5.41, 5.74) is 2.30. The highest BCUT2D eigenvalue weighted by Gasteiger charge is 2.22. The highest BCUT2D eigenvalue weighted by atomic mass is 32.1. The number of hydrogen-bond acceptors (Lipinski definition) is 5. The Hall–Kier alpha value is -2.87. The molecule has 0 saturated heterocycles. The van der Waals surface area contributed by atoms with Crippen molar-refractivity contribution in [2.24, 2.45) is 7.05 Å². The molecular formula is C18H19N3O4S. The van der Waals surface area contributed by atoms with Crippen molar-refractivity contribution in [1.29, 1.82) is 0 Å². The number of rotatable bonds is 4. The molecule has 8 heteroatoms. The van der Waals surface area contributed by atoms with E-state index >= 15 is 0 Å². The number of anilines is 1. The minimum atomic E-state index is -0.496. The van der Waals surface area contributed by atoms with Crippen LogP contribution in [0.4, 0.5) is 5.00 Å². The van der Waals surface area contributed by atoms with Crippen LogP contribution in [0.3, 0.4) is 0 Å². The van der Waals surface area contributed by atoms with E-state index in [0.29, 0.717) is 16.1 Å². The number of methoxy groups -OCH3 is 1. The standard InChI is InChI=1S/C18H19N3O4S/c1-10-11(2)26-16(15(10)17(23)25-4)19-14(22)9-21-13-8-6-5-7-12(13)20(3)18(21)24/h5-8H,9H2,1-4H3,(H,19,22). The number of amides is 1. The Bertz CT molecular complexity index is 1070. The molecule has 0 bridgehead atoms. The van der Waals surface area contributed by atoms with Gasteiger partial charge < -0.3 is 10.1 Å². The Labute approximate surface area is 153 Å². The van der Waals surface area contributed by atoms with Gasteiger partial charge in [-0.15, -0.1) is 11.3 Å². The van der Waals surface area contributed by atoms with Gasteiger partial charge in [0.25, 0.3) is 0 Å². The molecule has 0 fully saturated rings. The second kappa shape index (κ2) is 6.80. The summed E-state index contributed by atoms with van der Waals surface area (Å²) in [6.07, 6.45) is 0. The number of aromatic nitrogens is 2. The van der Waals surface area contributed by atoms with Gasteiger partial charge in [0, 0.05) is 11.9 Å². The van der Waals surface area contributed by atoms with E-state index in [-0.39, 0.29) is 18.1 Å². The van der Waals surface area contributed by atoms with Gasteiger partial charge in [0.2, 0.25) is 5.91 Å². The Kier molecular flexibility index (Phi) is 4.69. The van der Waals surface area contributed by atoms with E-state index in [4.69, 9.17) is 4.74 Å². The summed E-state index contributed by atoms with van der Waals surface area (Å²) in [6, 6.07) is 7.28. The number of carbonyl (C=O) groups is 2. The maximum absolute atomic E-state index is 12.5. The topological polar surface area (TPSA) is 82.3 Å². The monoisotopic (exact) mass is 373 g/mol. The number of fused-ring (bicyclic) bond motifs is 1. The average Bonchev–Trinajstić information content (AvgIpc) is 3.03. The number of benzene rings is 1. The fourth-order valence-electron chi connectivity index (χ4n) is 2.89. The molecule has 1 amide bonds. The van der Waals surface area contributed by atoms with Crippen LogP contribution in [0.1, 0.15) is 20.8 Å². The summed E-state index contributed by atoms with van der Waals surface area (Å²) < 4.78 is 7.72. The molecule has 0 radical (unpaired) electrons. The van der Waals surface area contributed by atoms with Crippen LogP contribution in [-0.2, 0) is 23.1 Å². The van der Waals surface area contributed by atoms with Crippen LogP contribution in [0.25, 0.3) is 11.0 Å². The number of nitrogens with zero attached hydrogens (tertiary/aromatic N) is 2. The maximum atomic E-state index is 12.5. The summed E-state index contributed by atoms with van der Waals surface area (Å²) in [7, 11) is 2.97. The number of carbonyl (C=O) groups excluding carboxylic acids is 2. The lowest BCUT2D eigenvalue weighted by molar-refractivity contribution is -0.116. The summed E-state index contributed by atoms with van der Waals surface area (Å²) in [4.78, 5) is 37.9. The molecule has 136 valence electrons. The SMILES string of the molecule is COC(=O)c1c(NC(=O)Cn2c(=O)n(C)c3ccccc32)sc(C)c1C. The van der Waals surface area contributed by atoms with Crippen LogP contribution < -0.4 is 11.0 Å². The zero-order valence-corrected chi connectivity index (χ0v) is 15.8. The summed E-state index contributed by atoms with van der Waals surface area (Å²) >= 11 is 1.31. The third-order valence-electron chi connectivity index (χ3n) is 4.38. The number of imidazole rings is 1. The predicted octanol–water partition coefficient (Wildman–Crippen LogP) is 2.44. The van der Waals surface area contributed by atoms with Gasteiger partial charge >= 0.3 is 11.7 Å². The first kappa shape index (κ1) is 17.9. The Morgan fingerprint density at radius 1 is 1.19 bits per heavy atom. The second-order valence-electron chi connectivity index (χ2n) is 5.94. The zero-order chi connectivity index (χ0) is 19.0. The smallest absolute Gasteiger partial charge is 0.341 e. The van der Waals surface area contributed by atoms with Crippen molar-refractivity contribution in [3.05, 3.63) is 50.8 Å². The van der Waals surface area contributed by atoms with Crippen LogP contribution >= 0.6 is 11.3 Å². The number of thiophene rings is 1. The van der Waals surface area contributed by atoms with Gasteiger partial charge in [-0.1, -0.05) is 12.1 Å². The van der Waals surface area contributed by atoms with Crippen molar-refractivity contribution in [3.8, 4) is 0 Å². The minimum Gasteiger partial charge on any atom is -0.465 e. The van der Waals surface area contributed by atoms with Gasteiger partial charge in [-0.3, -0.25) is 13.9 Å². The molecule has 7 nitrogen and oxygen atoms in total. The fourth-order valence-corrected chi connectivity index (χ4v) is 3.95. The van der Waals surface area contributed by atoms with E-state index in [9.17, 15) is 14.4 Å². The number of nitrogens with one attached hydrogen (secondary N) is 1. The van der Waals surface area contributed by atoms with Gasteiger partial charge in [-0.05, 0) is 31.5 Å². The van der Waals surface area contributed by atoms with Crippen molar-refractivity contribution in [1.82, 2.24) is 9.13 Å². The molecule has 1 N–H and O–H groups in total. The second-order valence-corrected chi connectivity index (χ2v) is 7.17. The third kappa shape index (κ3) is 2.92. The van der Waals surface area contributed by atoms with Crippen molar-refractivity contribution in [3.63, 3.8) is 0 Å². The Morgan fingerprint density at radius 2 is 1.85 bits per heavy atom. The molecule has 3 rings (SSSR count). The minimum absolute atomic E-state index is 0.142. The highest BCUT2D eigenvalue weighted by molar-refractivity contribution is 7.16. The van der Waals surface area contributed by atoms with Crippen molar-refractivity contribution in [2.45, 2.75) is 20.4 Å². The largest absolute Gasteiger partial charge is 0.465 e. The van der Waals surface area contributed by atoms with E-state index in [1.54, 1.807) is 13.1 Å². The molecule has 0 unspecified atom stereocenters. The van der Waals surface area contributed by atoms with Crippen LogP contribution in [0.2, 0.25) is 0 Å². The molecule has 26 heavy (non-hydrogen) atoms. The van der Waals surface area contributed by atoms with Crippen LogP contribution in [0.5, 0.6) is 0 Å². The van der Waals surface area contributed by atoms with Gasteiger partial charge in [-0.25, -0.2) is 9.59 Å². The molecule has 3 aromatic rings. The lowest BCUT2D eigenvalue weighted by Gasteiger charge is -2.07. The number of hydrogen-bond donors (Lipinski definition) is 1. The summed E-state index contributed by atoms with van der Waals surface area (Å²) in [5, 5.41) is 3.18. The third-order valence-corrected chi connectivity index (χ3v) is 5.50. The van der Waals surface area contributed by atoms with E-state index in [1.807, 2.05) is 32.0 Å². The van der Waals surface area contributed by atoms with Gasteiger partial charge in [0.1, 0.15) is 11.5 Å². The first-order valence-electron chi connectivity index (χ1n) is 7.97. The zero-order valence-electron chi connectivity index (χ0n) is 15.0. The molecule has 2 heterocycles. The van der Waals surface area contributed by atoms with E-state index < -0.39 is 5.97 Å². The van der Waals surface area contributed by atoms with E-state index in [0.717, 1.165) is 16.0 Å². The molecular weight excluding hydrogens is 354 g/mol. The number of ether oxygens (including phenoxy) is 1. The molecule has 0 aliphatic rings. The van der Waals surface area contributed by atoms with Crippen molar-refractivity contribution >= 4 is 39.2 Å². The van der Waals surface area contributed by atoms with E-state index in [1.165, 1.54) is 27.6 Å². The lowest BCUT2D eigenvalue weighted by atomic mass is 10.1. The van der Waals surface area contributed by atoms with Crippen LogP contribution in [0.15, 0.2) is 29.1 Å². The van der Waals surface area contributed by atoms with Crippen molar-refractivity contribution < 1.29 is 14.3 Å². The maximum Gasteiger partial charge on any atom is 0.341 e. The normalized spacial score (nSPS) is 10.9. The summed E-state index contributed by atoms with van der Waals surface area (Å²) in [6.45, 7) is 3.54. The van der Waals surface area contributed by atoms with Gasteiger partial charge in [0.05, 0.1) is 23.7 Å². The average molecular weight is 373 g/mol. The number of para-hydroxylation sites is 2. The van der Waals surface area contributed by atoms with E-state index in [2.05, 4.69) is 5.32 Å².